The second-order valence-electron chi connectivity index (χ2n) is 9.41. The molecule has 0 atom stereocenters. The van der Waals surface area contributed by atoms with Crippen molar-refractivity contribution in [3.05, 3.63) is 18.5 Å². The van der Waals surface area contributed by atoms with Gasteiger partial charge in [-0.2, -0.15) is 9.97 Å². The largest absolute Gasteiger partial charge is 0.493 e. The molecule has 210 valence electrons. The molecule has 3 aromatic rings. The number of hydrogen-bond acceptors (Lipinski definition) is 11. The predicted octanol–water partition coefficient (Wildman–Crippen LogP) is 1.96. The number of carbonyl (C=O) groups excluding carboxylic acids is 1. The number of rotatable bonds is 12. The Labute approximate surface area is 227 Å². The molecule has 2 saturated heterocycles. The van der Waals surface area contributed by atoms with Gasteiger partial charge in [0.15, 0.2) is 28.5 Å². The van der Waals surface area contributed by atoms with Gasteiger partial charge in [-0.25, -0.2) is 4.98 Å². The standard InChI is InChI=1S/C26H36N8O5/c1-36-19-15-18(16-20(37-2)23(19)38-3)29-24-22-25(34(17-28-22)10-9-33-7-4-5-21(33)35)31-26(30-24)27-6-8-32-11-13-39-14-12-32/h15-17H,4-14H2,1-3H3,(H2,27,29,30,31). The SMILES string of the molecule is COc1cc(Nc2nc(NCCN3CCOCC3)nc3c2ncn3CCN2CCCC2=O)cc(OC)c1OC. The highest BCUT2D eigenvalue weighted by Crippen LogP contribution is 2.41. The summed E-state index contributed by atoms with van der Waals surface area (Å²) in [5, 5.41) is 6.75. The van der Waals surface area contributed by atoms with Crippen molar-refractivity contribution < 1.29 is 23.7 Å². The zero-order valence-corrected chi connectivity index (χ0v) is 22.7. The van der Waals surface area contributed by atoms with E-state index in [0.717, 1.165) is 45.8 Å². The van der Waals surface area contributed by atoms with E-state index in [0.29, 0.717) is 71.9 Å². The maximum absolute atomic E-state index is 12.1. The molecule has 5 rings (SSSR count). The number of nitrogens with zero attached hydrogens (tertiary/aromatic N) is 6. The van der Waals surface area contributed by atoms with Crippen molar-refractivity contribution in [1.29, 1.82) is 0 Å². The summed E-state index contributed by atoms with van der Waals surface area (Å²) in [6.45, 7) is 6.88. The molecule has 0 bridgehead atoms. The maximum atomic E-state index is 12.1. The minimum Gasteiger partial charge on any atom is -0.493 e. The van der Waals surface area contributed by atoms with E-state index < -0.39 is 0 Å². The van der Waals surface area contributed by atoms with Crippen molar-refractivity contribution in [1.82, 2.24) is 29.3 Å². The van der Waals surface area contributed by atoms with Crippen molar-refractivity contribution in [3.63, 3.8) is 0 Å². The first kappa shape index (κ1) is 26.8. The highest BCUT2D eigenvalue weighted by atomic mass is 16.5. The Hall–Kier alpha value is -3.84. The smallest absolute Gasteiger partial charge is 0.226 e. The Kier molecular flexibility index (Phi) is 8.47. The molecule has 2 aliphatic heterocycles. The van der Waals surface area contributed by atoms with Gasteiger partial charge in [0, 0.05) is 70.1 Å². The average molecular weight is 541 g/mol. The van der Waals surface area contributed by atoms with Gasteiger partial charge < -0.3 is 39.0 Å². The van der Waals surface area contributed by atoms with Gasteiger partial charge in [0.2, 0.25) is 17.6 Å². The average Bonchev–Trinajstić information content (AvgIpc) is 3.57. The highest BCUT2D eigenvalue weighted by molar-refractivity contribution is 5.87. The summed E-state index contributed by atoms with van der Waals surface area (Å²) in [5.41, 5.74) is 2.00. The third-order valence-corrected chi connectivity index (χ3v) is 6.99. The van der Waals surface area contributed by atoms with E-state index in [-0.39, 0.29) is 5.91 Å². The van der Waals surface area contributed by atoms with Crippen LogP contribution in [0.1, 0.15) is 12.8 Å². The Bertz CT molecular complexity index is 1270. The molecule has 2 aliphatic rings. The normalized spacial score (nSPS) is 16.1. The van der Waals surface area contributed by atoms with E-state index >= 15 is 0 Å². The number of ether oxygens (including phenoxy) is 4. The Morgan fingerprint density at radius 3 is 2.41 bits per heavy atom. The summed E-state index contributed by atoms with van der Waals surface area (Å²) < 4.78 is 23.9. The topological polar surface area (TPSA) is 128 Å². The number of fused-ring (bicyclic) bond motifs is 1. The third-order valence-electron chi connectivity index (χ3n) is 6.99. The van der Waals surface area contributed by atoms with Crippen LogP contribution in [0.2, 0.25) is 0 Å². The first-order chi connectivity index (χ1) is 19.1. The van der Waals surface area contributed by atoms with Gasteiger partial charge in [-0.1, -0.05) is 0 Å². The number of methoxy groups -OCH3 is 3. The predicted molar refractivity (Wildman–Crippen MR) is 146 cm³/mol. The highest BCUT2D eigenvalue weighted by Gasteiger charge is 2.21. The molecule has 2 aromatic heterocycles. The van der Waals surface area contributed by atoms with Crippen LogP contribution in [0.4, 0.5) is 17.5 Å². The molecular weight excluding hydrogens is 504 g/mol. The van der Waals surface area contributed by atoms with Gasteiger partial charge in [-0.15, -0.1) is 0 Å². The third kappa shape index (κ3) is 6.09. The van der Waals surface area contributed by atoms with E-state index in [9.17, 15) is 4.79 Å². The zero-order valence-electron chi connectivity index (χ0n) is 22.7. The number of amides is 1. The lowest BCUT2D eigenvalue weighted by molar-refractivity contribution is -0.127. The van der Waals surface area contributed by atoms with Crippen molar-refractivity contribution in [2.24, 2.45) is 0 Å². The molecule has 13 nitrogen and oxygen atoms in total. The monoisotopic (exact) mass is 540 g/mol. The lowest BCUT2D eigenvalue weighted by Gasteiger charge is -2.26. The molecule has 4 heterocycles. The molecule has 2 N–H and O–H groups in total. The van der Waals surface area contributed by atoms with E-state index in [2.05, 4.69) is 20.5 Å². The maximum Gasteiger partial charge on any atom is 0.226 e. The van der Waals surface area contributed by atoms with Crippen molar-refractivity contribution in [2.45, 2.75) is 19.4 Å². The second kappa shape index (κ2) is 12.3. The molecule has 39 heavy (non-hydrogen) atoms. The fourth-order valence-electron chi connectivity index (χ4n) is 4.88. The van der Waals surface area contributed by atoms with Crippen molar-refractivity contribution >= 4 is 34.5 Å². The zero-order chi connectivity index (χ0) is 27.2. The summed E-state index contributed by atoms with van der Waals surface area (Å²) in [5.74, 6) is 2.78. The summed E-state index contributed by atoms with van der Waals surface area (Å²) in [6.07, 6.45) is 3.27. The number of aromatic nitrogens is 4. The molecule has 13 heteroatoms. The van der Waals surface area contributed by atoms with Crippen LogP contribution in [-0.2, 0) is 16.1 Å². The van der Waals surface area contributed by atoms with E-state index in [4.69, 9.17) is 28.9 Å². The van der Waals surface area contributed by atoms with Gasteiger partial charge in [0.25, 0.3) is 0 Å². The number of benzene rings is 1. The van der Waals surface area contributed by atoms with Crippen LogP contribution in [0.15, 0.2) is 18.5 Å². The number of likely N-dealkylation sites (tertiary alicyclic amines) is 1. The molecule has 1 amide bonds. The Balaban J connectivity index is 1.42. The van der Waals surface area contributed by atoms with Gasteiger partial charge >= 0.3 is 0 Å². The number of morpholine rings is 1. The molecule has 2 fully saturated rings. The molecule has 0 radical (unpaired) electrons. The number of nitrogens with one attached hydrogen (secondary N) is 2. The van der Waals surface area contributed by atoms with Crippen LogP contribution < -0.4 is 24.8 Å². The molecule has 1 aromatic carbocycles. The number of carbonyl (C=O) groups is 1. The first-order valence-corrected chi connectivity index (χ1v) is 13.2. The Morgan fingerprint density at radius 2 is 1.74 bits per heavy atom. The number of hydrogen-bond donors (Lipinski definition) is 2. The van der Waals surface area contributed by atoms with E-state index in [1.165, 1.54) is 0 Å². The lowest BCUT2D eigenvalue weighted by Crippen LogP contribution is -2.39. The number of imidazole rings is 1. The molecule has 0 spiro atoms. The second-order valence-corrected chi connectivity index (χ2v) is 9.41. The fourth-order valence-corrected chi connectivity index (χ4v) is 4.88. The van der Waals surface area contributed by atoms with Gasteiger partial charge in [-0.05, 0) is 6.42 Å². The van der Waals surface area contributed by atoms with Gasteiger partial charge in [0.05, 0.1) is 40.9 Å². The molecular formula is C26H36N8O5. The quantitative estimate of drug-likeness (QED) is 0.350. The van der Waals surface area contributed by atoms with Crippen molar-refractivity contribution in [2.75, 3.05) is 84.4 Å². The lowest BCUT2D eigenvalue weighted by atomic mass is 10.2. The van der Waals surface area contributed by atoms with Crippen LogP contribution in [-0.4, -0.2) is 109 Å². The summed E-state index contributed by atoms with van der Waals surface area (Å²) in [7, 11) is 4.72. The van der Waals surface area contributed by atoms with Crippen molar-refractivity contribution in [3.8, 4) is 17.2 Å². The first-order valence-electron chi connectivity index (χ1n) is 13.2. The molecule has 0 saturated carbocycles. The van der Waals surface area contributed by atoms with Gasteiger partial charge in [-0.3, -0.25) is 9.69 Å². The van der Waals surface area contributed by atoms with Crippen LogP contribution >= 0.6 is 0 Å². The molecule has 0 unspecified atom stereocenters. The van der Waals surface area contributed by atoms with Gasteiger partial charge in [0.1, 0.15) is 0 Å². The van der Waals surface area contributed by atoms with E-state index in [1.54, 1.807) is 27.7 Å². The van der Waals surface area contributed by atoms with Crippen LogP contribution in [0.3, 0.4) is 0 Å². The summed E-state index contributed by atoms with van der Waals surface area (Å²) in [4.78, 5) is 30.6. The van der Waals surface area contributed by atoms with Crippen LogP contribution in [0, 0.1) is 0 Å². The van der Waals surface area contributed by atoms with Crippen LogP contribution in [0.25, 0.3) is 11.2 Å². The fraction of sp³-hybridized carbons (Fsp3) is 0.538. The number of anilines is 3. The van der Waals surface area contributed by atoms with E-state index in [1.807, 2.05) is 21.6 Å². The van der Waals surface area contributed by atoms with Crippen LogP contribution in [0.5, 0.6) is 17.2 Å². The summed E-state index contributed by atoms with van der Waals surface area (Å²) >= 11 is 0. The minimum absolute atomic E-state index is 0.198. The molecule has 0 aliphatic carbocycles. The summed E-state index contributed by atoms with van der Waals surface area (Å²) in [6, 6.07) is 3.63. The minimum atomic E-state index is 0.198. The Morgan fingerprint density at radius 1 is 0.974 bits per heavy atom.